The molecule has 1 aromatic carbocycles. The molecule has 1 unspecified atom stereocenters. The number of methoxy groups -OCH3 is 1. The Morgan fingerprint density at radius 3 is 2.28 bits per heavy atom. The molecule has 1 atom stereocenters. The van der Waals surface area contributed by atoms with E-state index >= 15 is 0 Å². The summed E-state index contributed by atoms with van der Waals surface area (Å²) in [5.74, 6) is 0.903. The van der Waals surface area contributed by atoms with Gasteiger partial charge in [-0.1, -0.05) is 6.07 Å². The van der Waals surface area contributed by atoms with E-state index in [0.29, 0.717) is 6.61 Å². The number of benzene rings is 1. The van der Waals surface area contributed by atoms with Crippen molar-refractivity contribution in [2.75, 3.05) is 13.7 Å². The molecule has 1 aromatic rings. The predicted molar refractivity (Wildman–Crippen MR) is 75.1 cm³/mol. The molecule has 0 aliphatic carbocycles. The second kappa shape index (κ2) is 5.72. The van der Waals surface area contributed by atoms with Gasteiger partial charge >= 0.3 is 0 Å². The van der Waals surface area contributed by atoms with Crippen LogP contribution in [0.3, 0.4) is 0 Å². The Labute approximate surface area is 110 Å². The molecular formula is C15H25NO2. The number of rotatable bonds is 4. The maximum atomic E-state index is 6.20. The summed E-state index contributed by atoms with van der Waals surface area (Å²) in [5, 5.41) is 0. The Bertz CT molecular complexity index is 408. The van der Waals surface area contributed by atoms with Crippen LogP contribution in [0.2, 0.25) is 0 Å². The van der Waals surface area contributed by atoms with Gasteiger partial charge in [-0.25, -0.2) is 0 Å². The number of nitrogens with two attached hydrogens (primary N) is 1. The molecule has 102 valence electrons. The summed E-state index contributed by atoms with van der Waals surface area (Å²) in [6.45, 7) is 10.7. The second-order valence-corrected chi connectivity index (χ2v) is 5.71. The second-order valence-electron chi connectivity index (χ2n) is 5.71. The van der Waals surface area contributed by atoms with Crippen molar-refractivity contribution in [3.05, 3.63) is 28.8 Å². The van der Waals surface area contributed by atoms with Crippen LogP contribution in [0, 0.1) is 13.8 Å². The van der Waals surface area contributed by atoms with Crippen molar-refractivity contribution in [3.8, 4) is 5.75 Å². The summed E-state index contributed by atoms with van der Waals surface area (Å²) in [7, 11) is 1.68. The Balaban J connectivity index is 2.86. The van der Waals surface area contributed by atoms with Gasteiger partial charge in [0.25, 0.3) is 0 Å². The molecule has 0 saturated heterocycles. The van der Waals surface area contributed by atoms with E-state index in [1.165, 1.54) is 0 Å². The molecule has 0 aliphatic heterocycles. The molecule has 1 rings (SSSR count). The van der Waals surface area contributed by atoms with Crippen molar-refractivity contribution in [2.24, 2.45) is 5.73 Å². The molecule has 3 nitrogen and oxygen atoms in total. The average molecular weight is 251 g/mol. The molecule has 0 aromatic heterocycles. The van der Waals surface area contributed by atoms with E-state index in [9.17, 15) is 0 Å². The largest absolute Gasteiger partial charge is 0.496 e. The van der Waals surface area contributed by atoms with Gasteiger partial charge in [-0.15, -0.1) is 0 Å². The van der Waals surface area contributed by atoms with Gasteiger partial charge < -0.3 is 15.2 Å². The van der Waals surface area contributed by atoms with Crippen LogP contribution in [0.5, 0.6) is 5.75 Å². The zero-order chi connectivity index (χ0) is 13.9. The standard InChI is InChI=1S/C15H25NO2/c1-10-8-14(17-6)11(2)7-12(10)13(16)9-18-15(3,4)5/h7-8,13H,9,16H2,1-6H3. The lowest BCUT2D eigenvalue weighted by Crippen LogP contribution is -2.26. The minimum atomic E-state index is -0.160. The Morgan fingerprint density at radius 2 is 1.78 bits per heavy atom. The van der Waals surface area contributed by atoms with Crippen LogP contribution < -0.4 is 10.5 Å². The van der Waals surface area contributed by atoms with Gasteiger partial charge in [0.1, 0.15) is 5.75 Å². The van der Waals surface area contributed by atoms with E-state index in [1.54, 1.807) is 7.11 Å². The van der Waals surface area contributed by atoms with Gasteiger partial charge in [0, 0.05) is 0 Å². The van der Waals surface area contributed by atoms with Crippen molar-refractivity contribution in [2.45, 2.75) is 46.3 Å². The van der Waals surface area contributed by atoms with Crippen LogP contribution in [0.4, 0.5) is 0 Å². The van der Waals surface area contributed by atoms with Crippen LogP contribution in [0.1, 0.15) is 43.5 Å². The topological polar surface area (TPSA) is 44.5 Å². The van der Waals surface area contributed by atoms with Gasteiger partial charge in [-0.05, 0) is 57.4 Å². The molecule has 0 saturated carbocycles. The lowest BCUT2D eigenvalue weighted by atomic mass is 9.99. The van der Waals surface area contributed by atoms with Crippen LogP contribution in [0.15, 0.2) is 12.1 Å². The maximum absolute atomic E-state index is 6.20. The molecule has 0 radical (unpaired) electrons. The summed E-state index contributed by atoms with van der Waals surface area (Å²) >= 11 is 0. The number of aryl methyl sites for hydroxylation is 2. The third-order valence-electron chi connectivity index (χ3n) is 2.88. The van der Waals surface area contributed by atoms with Gasteiger partial charge in [0.2, 0.25) is 0 Å². The monoisotopic (exact) mass is 251 g/mol. The van der Waals surface area contributed by atoms with E-state index in [-0.39, 0.29) is 11.6 Å². The van der Waals surface area contributed by atoms with E-state index in [1.807, 2.05) is 40.7 Å². The number of ether oxygens (including phenoxy) is 2. The molecule has 2 N–H and O–H groups in total. The lowest BCUT2D eigenvalue weighted by Gasteiger charge is -2.24. The fourth-order valence-electron chi connectivity index (χ4n) is 1.86. The minimum absolute atomic E-state index is 0.103. The Morgan fingerprint density at radius 1 is 1.17 bits per heavy atom. The first-order valence-corrected chi connectivity index (χ1v) is 6.29. The average Bonchev–Trinajstić information content (AvgIpc) is 2.27. The third kappa shape index (κ3) is 4.00. The summed E-state index contributed by atoms with van der Waals surface area (Å²) in [6.07, 6.45) is 0. The van der Waals surface area contributed by atoms with Crippen molar-refractivity contribution in [3.63, 3.8) is 0 Å². The summed E-state index contributed by atoms with van der Waals surface area (Å²) < 4.78 is 11.0. The van der Waals surface area contributed by atoms with Crippen LogP contribution in [-0.4, -0.2) is 19.3 Å². The van der Waals surface area contributed by atoms with Crippen molar-refractivity contribution in [1.82, 2.24) is 0 Å². The van der Waals surface area contributed by atoms with E-state index in [4.69, 9.17) is 15.2 Å². The predicted octanol–water partition coefficient (Wildman–Crippen LogP) is 3.13. The highest BCUT2D eigenvalue weighted by Crippen LogP contribution is 2.26. The highest BCUT2D eigenvalue weighted by molar-refractivity contribution is 5.42. The molecular weight excluding hydrogens is 226 g/mol. The summed E-state index contributed by atoms with van der Waals surface area (Å²) in [4.78, 5) is 0. The maximum Gasteiger partial charge on any atom is 0.122 e. The zero-order valence-corrected chi connectivity index (χ0v) is 12.3. The van der Waals surface area contributed by atoms with Crippen molar-refractivity contribution in [1.29, 1.82) is 0 Å². The molecule has 0 aliphatic rings. The summed E-state index contributed by atoms with van der Waals surface area (Å²) in [6, 6.07) is 4.01. The molecule has 0 spiro atoms. The molecule has 0 bridgehead atoms. The van der Waals surface area contributed by atoms with Crippen LogP contribution in [-0.2, 0) is 4.74 Å². The first kappa shape index (κ1) is 15.0. The highest BCUT2D eigenvalue weighted by Gasteiger charge is 2.16. The number of hydrogen-bond acceptors (Lipinski definition) is 3. The number of hydrogen-bond donors (Lipinski definition) is 1. The Kier molecular flexibility index (Phi) is 4.77. The van der Waals surface area contributed by atoms with Gasteiger partial charge in [-0.3, -0.25) is 0 Å². The first-order valence-electron chi connectivity index (χ1n) is 6.29. The normalized spacial score (nSPS) is 13.5. The Hall–Kier alpha value is -1.06. The van der Waals surface area contributed by atoms with Crippen LogP contribution in [0.25, 0.3) is 0 Å². The van der Waals surface area contributed by atoms with E-state index < -0.39 is 0 Å². The minimum Gasteiger partial charge on any atom is -0.496 e. The van der Waals surface area contributed by atoms with E-state index in [0.717, 1.165) is 22.4 Å². The zero-order valence-electron chi connectivity index (χ0n) is 12.3. The summed E-state index contributed by atoms with van der Waals surface area (Å²) in [5.41, 5.74) is 9.40. The van der Waals surface area contributed by atoms with Crippen LogP contribution >= 0.6 is 0 Å². The highest BCUT2D eigenvalue weighted by atomic mass is 16.5. The van der Waals surface area contributed by atoms with Gasteiger partial charge in [-0.2, -0.15) is 0 Å². The first-order chi connectivity index (χ1) is 8.24. The molecule has 0 heterocycles. The molecule has 18 heavy (non-hydrogen) atoms. The fourth-order valence-corrected chi connectivity index (χ4v) is 1.86. The quantitative estimate of drug-likeness (QED) is 0.894. The SMILES string of the molecule is COc1cc(C)c(C(N)COC(C)(C)C)cc1C. The van der Waals surface area contributed by atoms with Gasteiger partial charge in [0.15, 0.2) is 0 Å². The molecule has 0 fully saturated rings. The van der Waals surface area contributed by atoms with Gasteiger partial charge in [0.05, 0.1) is 25.4 Å². The molecule has 0 amide bonds. The van der Waals surface area contributed by atoms with Crippen molar-refractivity contribution < 1.29 is 9.47 Å². The van der Waals surface area contributed by atoms with E-state index in [2.05, 4.69) is 6.07 Å². The molecule has 3 heteroatoms. The smallest absolute Gasteiger partial charge is 0.122 e. The third-order valence-corrected chi connectivity index (χ3v) is 2.88. The fraction of sp³-hybridized carbons (Fsp3) is 0.600. The van der Waals surface area contributed by atoms with Crippen molar-refractivity contribution >= 4 is 0 Å². The lowest BCUT2D eigenvalue weighted by molar-refractivity contribution is -0.0103.